The maximum atomic E-state index is 11.3. The van der Waals surface area contributed by atoms with Crippen molar-refractivity contribution in [2.75, 3.05) is 7.11 Å². The maximum absolute atomic E-state index is 11.3. The molecule has 23 heavy (non-hydrogen) atoms. The first-order chi connectivity index (χ1) is 10.9. The lowest BCUT2D eigenvalue weighted by Gasteiger charge is -2.13. The summed E-state index contributed by atoms with van der Waals surface area (Å²) in [5.41, 5.74) is 0. The zero-order valence-electron chi connectivity index (χ0n) is 12.4. The topological polar surface area (TPSA) is 65.0 Å². The van der Waals surface area contributed by atoms with E-state index in [0.717, 1.165) is 0 Å². The highest BCUT2D eigenvalue weighted by atomic mass is 35.5. The van der Waals surface area contributed by atoms with Crippen molar-refractivity contribution < 1.29 is 24.1 Å². The largest absolute Gasteiger partial charge is 0.506 e. The Morgan fingerprint density at radius 2 is 1.70 bits per heavy atom. The number of methoxy groups -OCH3 is 1. The fourth-order valence-corrected chi connectivity index (χ4v) is 2.15. The van der Waals surface area contributed by atoms with E-state index in [-0.39, 0.29) is 21.5 Å². The standard InChI is InChI=1S/C16H14Cl2O5/c1-9(16(20)21-2)22-10-3-5-11(6-4-10)23-15-8-14(19)12(17)7-13(15)18/h3-9,19H,1-2H3. The highest BCUT2D eigenvalue weighted by Gasteiger charge is 2.15. The van der Waals surface area contributed by atoms with Crippen LogP contribution in [0.4, 0.5) is 0 Å². The lowest BCUT2D eigenvalue weighted by molar-refractivity contribution is -0.147. The average molecular weight is 357 g/mol. The van der Waals surface area contributed by atoms with Crippen molar-refractivity contribution in [1.29, 1.82) is 0 Å². The minimum atomic E-state index is -0.713. The number of ether oxygens (including phenoxy) is 3. The van der Waals surface area contributed by atoms with Gasteiger partial charge in [0.25, 0.3) is 0 Å². The smallest absolute Gasteiger partial charge is 0.346 e. The molecule has 0 aromatic heterocycles. The van der Waals surface area contributed by atoms with Crippen molar-refractivity contribution in [1.82, 2.24) is 0 Å². The van der Waals surface area contributed by atoms with Gasteiger partial charge in [0.1, 0.15) is 23.0 Å². The van der Waals surface area contributed by atoms with Crippen LogP contribution in [0, 0.1) is 0 Å². The molecule has 0 spiro atoms. The van der Waals surface area contributed by atoms with Crippen LogP contribution in [0.15, 0.2) is 36.4 Å². The Bertz CT molecular complexity index is 700. The van der Waals surface area contributed by atoms with Gasteiger partial charge in [0, 0.05) is 6.07 Å². The third kappa shape index (κ3) is 4.43. The molecule has 2 rings (SSSR count). The monoisotopic (exact) mass is 356 g/mol. The van der Waals surface area contributed by atoms with E-state index in [9.17, 15) is 9.90 Å². The average Bonchev–Trinajstić information content (AvgIpc) is 2.53. The summed E-state index contributed by atoms with van der Waals surface area (Å²) in [7, 11) is 1.30. The van der Waals surface area contributed by atoms with Crippen LogP contribution in [0.2, 0.25) is 10.0 Å². The van der Waals surface area contributed by atoms with Crippen molar-refractivity contribution >= 4 is 29.2 Å². The Morgan fingerprint density at radius 1 is 1.09 bits per heavy atom. The Morgan fingerprint density at radius 3 is 2.30 bits per heavy atom. The highest BCUT2D eigenvalue weighted by molar-refractivity contribution is 6.36. The Labute approximate surface area is 143 Å². The first-order valence-corrected chi connectivity index (χ1v) is 7.36. The van der Waals surface area contributed by atoms with E-state index < -0.39 is 12.1 Å². The second-order valence-electron chi connectivity index (χ2n) is 4.59. The van der Waals surface area contributed by atoms with E-state index in [1.54, 1.807) is 31.2 Å². The molecule has 1 N–H and O–H groups in total. The van der Waals surface area contributed by atoms with Gasteiger partial charge in [0.2, 0.25) is 0 Å². The first kappa shape index (κ1) is 17.2. The zero-order chi connectivity index (χ0) is 17.0. The van der Waals surface area contributed by atoms with E-state index in [4.69, 9.17) is 32.7 Å². The third-order valence-corrected chi connectivity index (χ3v) is 3.50. The summed E-state index contributed by atoms with van der Waals surface area (Å²) in [6, 6.07) is 9.28. The van der Waals surface area contributed by atoms with Gasteiger partial charge in [0.15, 0.2) is 6.10 Å². The number of hydrogen-bond acceptors (Lipinski definition) is 5. The lowest BCUT2D eigenvalue weighted by atomic mass is 10.3. The molecule has 0 radical (unpaired) electrons. The van der Waals surface area contributed by atoms with Crippen LogP contribution in [0.25, 0.3) is 0 Å². The van der Waals surface area contributed by atoms with E-state index in [1.807, 2.05) is 0 Å². The van der Waals surface area contributed by atoms with Crippen LogP contribution in [-0.4, -0.2) is 24.3 Å². The number of esters is 1. The van der Waals surface area contributed by atoms with Crippen LogP contribution < -0.4 is 9.47 Å². The maximum Gasteiger partial charge on any atom is 0.346 e. The fourth-order valence-electron chi connectivity index (χ4n) is 1.73. The molecular weight excluding hydrogens is 343 g/mol. The Hall–Kier alpha value is -2.11. The van der Waals surface area contributed by atoms with Crippen molar-refractivity contribution in [3.63, 3.8) is 0 Å². The van der Waals surface area contributed by atoms with Gasteiger partial charge in [-0.25, -0.2) is 4.79 Å². The molecule has 0 heterocycles. The molecule has 2 aromatic rings. The molecule has 5 nitrogen and oxygen atoms in total. The number of phenolic OH excluding ortho intramolecular Hbond substituents is 1. The minimum Gasteiger partial charge on any atom is -0.506 e. The predicted molar refractivity (Wildman–Crippen MR) is 86.7 cm³/mol. The molecule has 7 heteroatoms. The number of phenols is 1. The van der Waals surface area contributed by atoms with Crippen molar-refractivity contribution in [2.24, 2.45) is 0 Å². The summed E-state index contributed by atoms with van der Waals surface area (Å²) < 4.78 is 15.6. The first-order valence-electron chi connectivity index (χ1n) is 6.61. The molecule has 2 aromatic carbocycles. The van der Waals surface area contributed by atoms with Gasteiger partial charge in [-0.2, -0.15) is 0 Å². The Balaban J connectivity index is 2.08. The van der Waals surface area contributed by atoms with Crippen LogP contribution in [0.1, 0.15) is 6.92 Å². The van der Waals surface area contributed by atoms with E-state index in [0.29, 0.717) is 11.5 Å². The number of benzene rings is 2. The minimum absolute atomic E-state index is 0.127. The van der Waals surface area contributed by atoms with Gasteiger partial charge in [-0.15, -0.1) is 0 Å². The van der Waals surface area contributed by atoms with Crippen molar-refractivity contribution in [2.45, 2.75) is 13.0 Å². The van der Waals surface area contributed by atoms with Crippen LogP contribution in [0.5, 0.6) is 23.0 Å². The van der Waals surface area contributed by atoms with Gasteiger partial charge < -0.3 is 19.3 Å². The van der Waals surface area contributed by atoms with Crippen LogP contribution in [0.3, 0.4) is 0 Å². The SMILES string of the molecule is COC(=O)C(C)Oc1ccc(Oc2cc(O)c(Cl)cc2Cl)cc1. The molecular formula is C16H14Cl2O5. The zero-order valence-corrected chi connectivity index (χ0v) is 13.9. The van der Waals surface area contributed by atoms with Gasteiger partial charge in [0.05, 0.1) is 17.2 Å². The van der Waals surface area contributed by atoms with E-state index in [2.05, 4.69) is 4.74 Å². The van der Waals surface area contributed by atoms with Crippen molar-refractivity contribution in [3.8, 4) is 23.0 Å². The fraction of sp³-hybridized carbons (Fsp3) is 0.188. The molecule has 0 bridgehead atoms. The van der Waals surface area contributed by atoms with E-state index >= 15 is 0 Å². The second-order valence-corrected chi connectivity index (χ2v) is 5.41. The molecule has 0 aliphatic rings. The molecule has 1 unspecified atom stereocenters. The molecule has 0 aliphatic heterocycles. The normalized spacial score (nSPS) is 11.7. The summed E-state index contributed by atoms with van der Waals surface area (Å²) in [6.07, 6.45) is -0.713. The number of halogens is 2. The van der Waals surface area contributed by atoms with E-state index in [1.165, 1.54) is 19.2 Å². The molecule has 1 atom stereocenters. The van der Waals surface area contributed by atoms with Crippen LogP contribution >= 0.6 is 23.2 Å². The summed E-state index contributed by atoms with van der Waals surface area (Å²) >= 11 is 11.8. The third-order valence-electron chi connectivity index (χ3n) is 2.90. The number of rotatable bonds is 5. The number of carbonyl (C=O) groups is 1. The van der Waals surface area contributed by atoms with Gasteiger partial charge >= 0.3 is 5.97 Å². The molecule has 0 amide bonds. The van der Waals surface area contributed by atoms with Crippen LogP contribution in [-0.2, 0) is 9.53 Å². The number of hydrogen-bond donors (Lipinski definition) is 1. The van der Waals surface area contributed by atoms with Gasteiger partial charge in [-0.3, -0.25) is 0 Å². The molecule has 0 saturated heterocycles. The number of aromatic hydroxyl groups is 1. The summed E-state index contributed by atoms with van der Waals surface area (Å²) in [5.74, 6) is 0.642. The second kappa shape index (κ2) is 7.44. The summed E-state index contributed by atoms with van der Waals surface area (Å²) in [4.78, 5) is 11.3. The quantitative estimate of drug-likeness (QED) is 0.802. The summed E-state index contributed by atoms with van der Waals surface area (Å²) in [6.45, 7) is 1.59. The molecule has 0 aliphatic carbocycles. The predicted octanol–water partition coefficient (Wildman–Crippen LogP) is 4.43. The van der Waals surface area contributed by atoms with Gasteiger partial charge in [-0.05, 0) is 37.3 Å². The molecule has 0 fully saturated rings. The van der Waals surface area contributed by atoms with Crippen molar-refractivity contribution in [3.05, 3.63) is 46.4 Å². The Kier molecular flexibility index (Phi) is 5.58. The lowest BCUT2D eigenvalue weighted by Crippen LogP contribution is -2.24. The molecule has 122 valence electrons. The summed E-state index contributed by atoms with van der Waals surface area (Å²) in [5, 5.41) is 10.00. The van der Waals surface area contributed by atoms with Gasteiger partial charge in [-0.1, -0.05) is 23.2 Å². The number of carbonyl (C=O) groups excluding carboxylic acids is 1. The highest BCUT2D eigenvalue weighted by Crippen LogP contribution is 2.37. The molecule has 0 saturated carbocycles.